The summed E-state index contributed by atoms with van der Waals surface area (Å²) in [5.41, 5.74) is 0.0887. The molecule has 3 saturated heterocycles. The molecule has 4 heterocycles. The number of phenolic OH excluding ortho intramolecular Hbond substituents is 1. The van der Waals surface area contributed by atoms with Crippen LogP contribution in [0.5, 0.6) is 23.0 Å². The number of benzene rings is 2. The third kappa shape index (κ3) is 8.41. The highest BCUT2D eigenvalue weighted by Gasteiger charge is 2.50. The molecule has 0 aliphatic carbocycles. The normalized spacial score (nSPS) is 35.4. The van der Waals surface area contributed by atoms with Crippen LogP contribution in [0.3, 0.4) is 0 Å². The van der Waals surface area contributed by atoms with Gasteiger partial charge in [0.25, 0.3) is 0 Å². The highest BCUT2D eigenvalue weighted by molar-refractivity contribution is 5.91. The number of rotatable bonds is 11. The first-order chi connectivity index (χ1) is 27.5. The zero-order chi connectivity index (χ0) is 42.3. The van der Waals surface area contributed by atoms with Crippen molar-refractivity contribution in [1.82, 2.24) is 0 Å². The molecule has 3 fully saturated rings. The maximum atomic E-state index is 14.6. The Kier molecular flexibility index (Phi) is 13.3. The lowest BCUT2D eigenvalue weighted by Crippen LogP contribution is -2.63. The fraction of sp³-hybridized carbons (Fsp3) is 0.564. The summed E-state index contributed by atoms with van der Waals surface area (Å²) in [6, 6.07) is 7.28. The van der Waals surface area contributed by atoms with Crippen LogP contribution in [0, 0.1) is 0 Å². The molecule has 58 heavy (non-hydrogen) atoms. The number of hydrogen-bond donors (Lipinski definition) is 10. The minimum absolute atomic E-state index is 0.0232. The van der Waals surface area contributed by atoms with Crippen LogP contribution >= 0.6 is 0 Å². The quantitative estimate of drug-likeness (QED) is 0.103. The standard InChI is InChI=1S/C39H50O19/c1-14(2)6-11-19-21(54-38-31(49)29(47)26(44)22(13-40)55-38)12-20(41)23-27(45)36(33(56-34(19)23)17-7-9-18(51-5)10-8-17)58-39-32(50)35(25(43)16(4)53-39)57-37-30(48)28(46)24(42)15(3)52-37/h6-10,12,15-16,22,24-26,28-32,35,37-44,46-50H,11,13H2,1-5H3/t15?,16?,22?,24-,25-,26+,28-,29-,30?,31?,32-,35?,37-,38+,39-/m0/s1. The van der Waals surface area contributed by atoms with Gasteiger partial charge < -0.3 is 88.6 Å². The van der Waals surface area contributed by atoms with E-state index in [-0.39, 0.29) is 34.6 Å². The van der Waals surface area contributed by atoms with Crippen molar-refractivity contribution in [2.24, 2.45) is 0 Å². The maximum Gasteiger partial charge on any atom is 0.239 e. The zero-order valence-corrected chi connectivity index (χ0v) is 32.2. The molecule has 0 bridgehead atoms. The molecule has 6 rings (SSSR count). The molecule has 2 aromatic carbocycles. The van der Waals surface area contributed by atoms with Crippen molar-refractivity contribution in [3.63, 3.8) is 0 Å². The van der Waals surface area contributed by atoms with Gasteiger partial charge >= 0.3 is 0 Å². The van der Waals surface area contributed by atoms with E-state index in [1.165, 1.54) is 21.0 Å². The first-order valence-electron chi connectivity index (χ1n) is 18.6. The number of aromatic hydroxyl groups is 1. The highest BCUT2D eigenvalue weighted by Crippen LogP contribution is 2.42. The van der Waals surface area contributed by atoms with Gasteiger partial charge in [0.15, 0.2) is 12.1 Å². The number of aliphatic hydroxyl groups is 9. The van der Waals surface area contributed by atoms with Gasteiger partial charge in [-0.1, -0.05) is 11.6 Å². The summed E-state index contributed by atoms with van der Waals surface area (Å²) in [7, 11) is 1.45. The van der Waals surface area contributed by atoms with Crippen molar-refractivity contribution in [2.45, 2.75) is 126 Å². The number of fused-ring (bicyclic) bond motifs is 1. The Morgan fingerprint density at radius 2 is 1.36 bits per heavy atom. The Morgan fingerprint density at radius 1 is 0.759 bits per heavy atom. The second kappa shape index (κ2) is 17.7. The van der Waals surface area contributed by atoms with Crippen molar-refractivity contribution in [3.05, 3.63) is 57.8 Å². The van der Waals surface area contributed by atoms with Crippen LogP contribution in [-0.4, -0.2) is 157 Å². The summed E-state index contributed by atoms with van der Waals surface area (Å²) < 4.78 is 46.5. The lowest BCUT2D eigenvalue weighted by atomic mass is 9.97. The Balaban J connectivity index is 1.46. The van der Waals surface area contributed by atoms with Gasteiger partial charge in [-0.15, -0.1) is 0 Å². The van der Waals surface area contributed by atoms with Crippen molar-refractivity contribution in [1.29, 1.82) is 0 Å². The first-order valence-corrected chi connectivity index (χ1v) is 18.6. The molecule has 19 nitrogen and oxygen atoms in total. The van der Waals surface area contributed by atoms with Crippen LogP contribution in [0.1, 0.15) is 33.3 Å². The summed E-state index contributed by atoms with van der Waals surface area (Å²) in [6.07, 6.45) is -21.9. The third-order valence-electron chi connectivity index (χ3n) is 10.4. The molecule has 10 N–H and O–H groups in total. The molecule has 3 aliphatic heterocycles. The molecular weight excluding hydrogens is 772 g/mol. The van der Waals surface area contributed by atoms with E-state index in [0.717, 1.165) is 11.6 Å². The molecule has 320 valence electrons. The van der Waals surface area contributed by atoms with Crippen molar-refractivity contribution >= 4 is 11.0 Å². The first kappa shape index (κ1) is 43.6. The van der Waals surface area contributed by atoms with Crippen molar-refractivity contribution in [3.8, 4) is 34.3 Å². The van der Waals surface area contributed by atoms with Gasteiger partial charge in [0, 0.05) is 17.2 Å². The molecule has 6 unspecified atom stereocenters. The van der Waals surface area contributed by atoms with Gasteiger partial charge in [0.1, 0.15) is 89.3 Å². The monoisotopic (exact) mass is 822 g/mol. The average molecular weight is 823 g/mol. The second-order valence-electron chi connectivity index (χ2n) is 14.8. The molecule has 3 aromatic rings. The van der Waals surface area contributed by atoms with E-state index in [0.29, 0.717) is 5.75 Å². The van der Waals surface area contributed by atoms with Crippen molar-refractivity contribution < 1.29 is 88.6 Å². The number of phenols is 1. The molecule has 0 radical (unpaired) electrons. The smallest absolute Gasteiger partial charge is 0.239 e. The minimum atomic E-state index is -1.89. The predicted molar refractivity (Wildman–Crippen MR) is 198 cm³/mol. The molecule has 3 aliphatic rings. The Labute approximate surface area is 331 Å². The number of ether oxygens (including phenoxy) is 7. The Hall–Kier alpha value is -3.93. The van der Waals surface area contributed by atoms with Crippen LogP contribution in [0.15, 0.2) is 51.2 Å². The van der Waals surface area contributed by atoms with Gasteiger partial charge in [-0.2, -0.15) is 0 Å². The van der Waals surface area contributed by atoms with E-state index < -0.39 is 121 Å². The van der Waals surface area contributed by atoms with E-state index in [1.54, 1.807) is 30.3 Å². The zero-order valence-electron chi connectivity index (χ0n) is 32.2. The average Bonchev–Trinajstić information content (AvgIpc) is 3.20. The molecule has 19 heteroatoms. The summed E-state index contributed by atoms with van der Waals surface area (Å²) in [5.74, 6) is -1.19. The van der Waals surface area contributed by atoms with Crippen LogP contribution < -0.4 is 19.6 Å². The van der Waals surface area contributed by atoms with E-state index in [1.807, 2.05) is 13.8 Å². The van der Waals surface area contributed by atoms with Gasteiger partial charge in [-0.05, 0) is 58.4 Å². The SMILES string of the molecule is COc1ccc(-c2oc3c(CC=C(C)C)c(O[C@@H]4OC(CO)[C@@H](O)[C@H](O)C4O)cc(O)c3c(=O)c2O[C@@H]2OC(C)[C@H](O)C(O[C@@H]3OC(C)[C@H](O)[C@H](O)C3O)[C@@H]2O)cc1. The second-order valence-corrected chi connectivity index (χ2v) is 14.8. The Morgan fingerprint density at radius 3 is 2.00 bits per heavy atom. The number of allylic oxidation sites excluding steroid dienone is 2. The lowest BCUT2D eigenvalue weighted by molar-refractivity contribution is -0.346. The fourth-order valence-corrected chi connectivity index (χ4v) is 6.95. The van der Waals surface area contributed by atoms with Gasteiger partial charge in [0.05, 0.1) is 25.9 Å². The minimum Gasteiger partial charge on any atom is -0.507 e. The molecular formula is C39H50O19. The third-order valence-corrected chi connectivity index (χ3v) is 10.4. The lowest BCUT2D eigenvalue weighted by Gasteiger charge is -2.45. The van der Waals surface area contributed by atoms with Gasteiger partial charge in [0.2, 0.25) is 23.8 Å². The summed E-state index contributed by atoms with van der Waals surface area (Å²) in [6.45, 7) is 5.74. The highest BCUT2D eigenvalue weighted by atomic mass is 16.7. The van der Waals surface area contributed by atoms with E-state index in [9.17, 15) is 55.9 Å². The molecule has 0 saturated carbocycles. The molecule has 0 spiro atoms. The summed E-state index contributed by atoms with van der Waals surface area (Å²) in [4.78, 5) is 14.6. The van der Waals surface area contributed by atoms with E-state index in [2.05, 4.69) is 0 Å². The number of aliphatic hydroxyl groups excluding tert-OH is 9. The molecule has 1 aromatic heterocycles. The number of methoxy groups -OCH3 is 1. The van der Waals surface area contributed by atoms with Gasteiger partial charge in [-0.25, -0.2) is 0 Å². The fourth-order valence-electron chi connectivity index (χ4n) is 6.95. The topological polar surface area (TPSA) is 297 Å². The van der Waals surface area contributed by atoms with Crippen molar-refractivity contribution in [2.75, 3.05) is 13.7 Å². The van der Waals surface area contributed by atoms with E-state index in [4.69, 9.17) is 37.6 Å². The van der Waals surface area contributed by atoms with Crippen LogP contribution in [0.25, 0.3) is 22.3 Å². The summed E-state index contributed by atoms with van der Waals surface area (Å²) in [5, 5.41) is 106. The van der Waals surface area contributed by atoms with Crippen LogP contribution in [0.2, 0.25) is 0 Å². The van der Waals surface area contributed by atoms with Crippen LogP contribution in [0.4, 0.5) is 0 Å². The molecule has 15 atom stereocenters. The predicted octanol–water partition coefficient (Wildman–Crippen LogP) is -1.08. The largest absolute Gasteiger partial charge is 0.507 e. The Bertz CT molecular complexity index is 1980. The van der Waals surface area contributed by atoms with Gasteiger partial charge in [-0.3, -0.25) is 4.79 Å². The molecule has 0 amide bonds. The van der Waals surface area contributed by atoms with Crippen LogP contribution in [-0.2, 0) is 25.4 Å². The summed E-state index contributed by atoms with van der Waals surface area (Å²) >= 11 is 0. The number of hydrogen-bond acceptors (Lipinski definition) is 19. The maximum absolute atomic E-state index is 14.6. The van der Waals surface area contributed by atoms with E-state index >= 15 is 0 Å².